The molecule has 0 N–H and O–H groups in total. The minimum atomic E-state index is -5.10. The Labute approximate surface area is 180 Å². The van der Waals surface area contributed by atoms with Crippen molar-refractivity contribution >= 4 is 0 Å². The van der Waals surface area contributed by atoms with Crippen molar-refractivity contribution in [3.05, 3.63) is 65.2 Å². The SMILES string of the molecule is CCC[C@H]1CC[C@H](CCC(Oc2cc(F)c(C(F)(F)F)c(F)c2)c2ccccc2)CC1. The fraction of sp³-hybridized carbons (Fsp3) is 0.520. The maximum Gasteiger partial charge on any atom is 0.422 e. The molecule has 0 saturated heterocycles. The number of hydrogen-bond donors (Lipinski definition) is 0. The average molecular weight is 440 g/mol. The van der Waals surface area contributed by atoms with Crippen molar-refractivity contribution in [3.8, 4) is 5.75 Å². The zero-order valence-electron chi connectivity index (χ0n) is 17.7. The fourth-order valence-corrected chi connectivity index (χ4v) is 4.62. The van der Waals surface area contributed by atoms with Crippen LogP contribution in [0.1, 0.15) is 75.5 Å². The lowest BCUT2D eigenvalue weighted by molar-refractivity contribution is -0.142. The van der Waals surface area contributed by atoms with Crippen LogP contribution in [0.5, 0.6) is 5.75 Å². The Balaban J connectivity index is 1.71. The van der Waals surface area contributed by atoms with E-state index in [4.69, 9.17) is 4.74 Å². The molecule has 2 aromatic carbocycles. The van der Waals surface area contributed by atoms with Gasteiger partial charge in [0.25, 0.3) is 0 Å². The van der Waals surface area contributed by atoms with Crippen molar-refractivity contribution < 1.29 is 26.7 Å². The molecule has 31 heavy (non-hydrogen) atoms. The van der Waals surface area contributed by atoms with Crippen LogP contribution in [-0.2, 0) is 6.18 Å². The first-order valence-corrected chi connectivity index (χ1v) is 11.1. The highest BCUT2D eigenvalue weighted by molar-refractivity contribution is 5.33. The topological polar surface area (TPSA) is 9.23 Å². The molecular weight excluding hydrogens is 411 g/mol. The van der Waals surface area contributed by atoms with E-state index in [9.17, 15) is 22.0 Å². The maximum atomic E-state index is 14.0. The highest BCUT2D eigenvalue weighted by atomic mass is 19.4. The van der Waals surface area contributed by atoms with Gasteiger partial charge in [-0.2, -0.15) is 13.2 Å². The van der Waals surface area contributed by atoms with E-state index in [-0.39, 0.29) is 5.75 Å². The van der Waals surface area contributed by atoms with Crippen LogP contribution < -0.4 is 4.74 Å². The highest BCUT2D eigenvalue weighted by Gasteiger charge is 2.38. The summed E-state index contributed by atoms with van der Waals surface area (Å²) in [7, 11) is 0. The molecule has 0 radical (unpaired) electrons. The van der Waals surface area contributed by atoms with E-state index in [1.807, 2.05) is 30.3 Å². The summed E-state index contributed by atoms with van der Waals surface area (Å²) in [5, 5.41) is 0. The first kappa shape index (κ1) is 23.6. The molecule has 1 aliphatic carbocycles. The molecule has 170 valence electrons. The van der Waals surface area contributed by atoms with Gasteiger partial charge in [-0.1, -0.05) is 75.8 Å². The van der Waals surface area contributed by atoms with Gasteiger partial charge in [0.2, 0.25) is 0 Å². The van der Waals surface area contributed by atoms with Crippen LogP contribution in [0.25, 0.3) is 0 Å². The van der Waals surface area contributed by atoms with Gasteiger partial charge >= 0.3 is 6.18 Å². The second-order valence-corrected chi connectivity index (χ2v) is 8.53. The average Bonchev–Trinajstić information content (AvgIpc) is 2.71. The van der Waals surface area contributed by atoms with Gasteiger partial charge < -0.3 is 4.74 Å². The van der Waals surface area contributed by atoms with Crippen LogP contribution >= 0.6 is 0 Å². The fourth-order valence-electron chi connectivity index (χ4n) is 4.62. The van der Waals surface area contributed by atoms with Crippen LogP contribution in [0, 0.1) is 23.5 Å². The quantitative estimate of drug-likeness (QED) is 0.374. The molecule has 1 nitrogen and oxygen atoms in total. The molecule has 1 aliphatic rings. The van der Waals surface area contributed by atoms with E-state index in [1.165, 1.54) is 25.7 Å². The lowest BCUT2D eigenvalue weighted by atomic mass is 9.78. The third kappa shape index (κ3) is 6.44. The molecule has 0 spiro atoms. The van der Waals surface area contributed by atoms with Crippen molar-refractivity contribution in [3.63, 3.8) is 0 Å². The van der Waals surface area contributed by atoms with Gasteiger partial charge in [-0.15, -0.1) is 0 Å². The molecule has 1 fully saturated rings. The first-order valence-electron chi connectivity index (χ1n) is 11.1. The number of rotatable bonds is 8. The van der Waals surface area contributed by atoms with Crippen molar-refractivity contribution in [1.82, 2.24) is 0 Å². The molecule has 2 aromatic rings. The highest BCUT2D eigenvalue weighted by Crippen LogP contribution is 2.38. The molecule has 0 aromatic heterocycles. The predicted molar refractivity (Wildman–Crippen MR) is 111 cm³/mol. The van der Waals surface area contributed by atoms with E-state index >= 15 is 0 Å². The lowest BCUT2D eigenvalue weighted by Gasteiger charge is -2.29. The van der Waals surface area contributed by atoms with E-state index in [0.717, 1.165) is 30.7 Å². The van der Waals surface area contributed by atoms with E-state index in [0.29, 0.717) is 24.5 Å². The van der Waals surface area contributed by atoms with Crippen LogP contribution in [-0.4, -0.2) is 0 Å². The van der Waals surface area contributed by atoms with Crippen molar-refractivity contribution in [2.24, 2.45) is 11.8 Å². The van der Waals surface area contributed by atoms with Crippen LogP contribution in [0.15, 0.2) is 42.5 Å². The van der Waals surface area contributed by atoms with Gasteiger partial charge in [-0.05, 0) is 30.2 Å². The molecule has 1 atom stereocenters. The Kier molecular flexibility index (Phi) is 7.95. The van der Waals surface area contributed by atoms with E-state index in [2.05, 4.69) is 6.92 Å². The van der Waals surface area contributed by atoms with Gasteiger partial charge in [0.05, 0.1) is 0 Å². The third-order valence-corrected chi connectivity index (χ3v) is 6.25. The predicted octanol–water partition coefficient (Wildman–Crippen LogP) is 8.49. The minimum absolute atomic E-state index is 0.233. The van der Waals surface area contributed by atoms with Gasteiger partial charge in [0.1, 0.15) is 29.1 Å². The van der Waals surface area contributed by atoms with Crippen molar-refractivity contribution in [2.45, 2.75) is 70.6 Å². The van der Waals surface area contributed by atoms with Crippen LogP contribution in [0.4, 0.5) is 22.0 Å². The zero-order chi connectivity index (χ0) is 22.4. The molecule has 3 rings (SSSR count). The normalized spacial score (nSPS) is 20.5. The molecule has 0 bridgehead atoms. The number of ether oxygens (including phenoxy) is 1. The Bertz CT molecular complexity index is 803. The van der Waals surface area contributed by atoms with Crippen molar-refractivity contribution in [2.75, 3.05) is 0 Å². The van der Waals surface area contributed by atoms with Crippen LogP contribution in [0.3, 0.4) is 0 Å². The monoisotopic (exact) mass is 440 g/mol. The molecule has 1 saturated carbocycles. The summed E-state index contributed by atoms with van der Waals surface area (Å²) in [6.07, 6.45) is 3.22. The summed E-state index contributed by atoms with van der Waals surface area (Å²) in [6.45, 7) is 2.21. The molecule has 1 unspecified atom stereocenters. The van der Waals surface area contributed by atoms with Crippen molar-refractivity contribution in [1.29, 1.82) is 0 Å². The summed E-state index contributed by atoms with van der Waals surface area (Å²) >= 11 is 0. The Morgan fingerprint density at radius 3 is 1.97 bits per heavy atom. The number of alkyl halides is 3. The largest absolute Gasteiger partial charge is 0.486 e. The third-order valence-electron chi connectivity index (χ3n) is 6.25. The summed E-state index contributed by atoms with van der Waals surface area (Å²) in [6, 6.07) is 10.5. The van der Waals surface area contributed by atoms with Gasteiger partial charge in [-0.3, -0.25) is 0 Å². The minimum Gasteiger partial charge on any atom is -0.486 e. The standard InChI is InChI=1S/C25H29F5O/c1-2-6-17-9-11-18(12-10-17)13-14-23(19-7-4-3-5-8-19)31-20-15-21(26)24(22(27)16-20)25(28,29)30/h3-5,7-8,15-18,23H,2,6,9-14H2,1H3/t17-,18-,23?. The Morgan fingerprint density at radius 1 is 0.903 bits per heavy atom. The van der Waals surface area contributed by atoms with Gasteiger partial charge in [0.15, 0.2) is 0 Å². The first-order chi connectivity index (χ1) is 14.8. The number of halogens is 5. The number of hydrogen-bond acceptors (Lipinski definition) is 1. The smallest absolute Gasteiger partial charge is 0.422 e. The molecule has 0 aliphatic heterocycles. The second-order valence-electron chi connectivity index (χ2n) is 8.53. The van der Waals surface area contributed by atoms with E-state index < -0.39 is 29.5 Å². The number of benzene rings is 2. The van der Waals surface area contributed by atoms with Gasteiger partial charge in [0, 0.05) is 12.1 Å². The van der Waals surface area contributed by atoms with Gasteiger partial charge in [-0.25, -0.2) is 8.78 Å². The maximum absolute atomic E-state index is 14.0. The summed E-state index contributed by atoms with van der Waals surface area (Å²) in [4.78, 5) is 0. The molecule has 0 heterocycles. The molecule has 6 heteroatoms. The Hall–Kier alpha value is -2.11. The Morgan fingerprint density at radius 2 is 1.45 bits per heavy atom. The van der Waals surface area contributed by atoms with Crippen LogP contribution in [0.2, 0.25) is 0 Å². The lowest BCUT2D eigenvalue weighted by Crippen LogP contribution is -2.17. The zero-order valence-corrected chi connectivity index (χ0v) is 17.7. The summed E-state index contributed by atoms with van der Waals surface area (Å²) in [5.41, 5.74) is -1.05. The molecule has 0 amide bonds. The van der Waals surface area contributed by atoms with E-state index in [1.54, 1.807) is 0 Å². The summed E-state index contributed by atoms with van der Waals surface area (Å²) < 4.78 is 72.4. The summed E-state index contributed by atoms with van der Waals surface area (Å²) in [5.74, 6) is -2.18. The molecular formula is C25H29F5O. The second kappa shape index (κ2) is 10.5.